The lowest BCUT2D eigenvalue weighted by atomic mass is 10.2. The standard InChI is InChI=1S/C16H26N2O3/c1-5-17-12-13-8-9-14(15(11-13)20-4)21-10-6-7-16(19)18(2)3/h8-9,11,17H,5-7,10,12H2,1-4H3. The molecule has 0 spiro atoms. The molecule has 0 bridgehead atoms. The average Bonchev–Trinajstić information content (AvgIpc) is 2.49. The SMILES string of the molecule is CCNCc1ccc(OCCCC(=O)N(C)C)c(OC)c1. The monoisotopic (exact) mass is 294 g/mol. The molecule has 1 aromatic carbocycles. The summed E-state index contributed by atoms with van der Waals surface area (Å²) in [6, 6.07) is 5.91. The van der Waals surface area contributed by atoms with Crippen LogP contribution < -0.4 is 14.8 Å². The van der Waals surface area contributed by atoms with Crippen molar-refractivity contribution >= 4 is 5.91 Å². The highest BCUT2D eigenvalue weighted by Gasteiger charge is 2.07. The molecule has 0 aliphatic heterocycles. The number of methoxy groups -OCH3 is 1. The smallest absolute Gasteiger partial charge is 0.222 e. The van der Waals surface area contributed by atoms with E-state index in [2.05, 4.69) is 12.2 Å². The molecule has 5 heteroatoms. The van der Waals surface area contributed by atoms with Gasteiger partial charge in [0.1, 0.15) is 0 Å². The summed E-state index contributed by atoms with van der Waals surface area (Å²) in [5.41, 5.74) is 1.16. The summed E-state index contributed by atoms with van der Waals surface area (Å²) in [4.78, 5) is 13.1. The van der Waals surface area contributed by atoms with Gasteiger partial charge in [-0.1, -0.05) is 13.0 Å². The maximum Gasteiger partial charge on any atom is 0.222 e. The van der Waals surface area contributed by atoms with Gasteiger partial charge < -0.3 is 19.7 Å². The molecule has 0 aliphatic rings. The molecular weight excluding hydrogens is 268 g/mol. The summed E-state index contributed by atoms with van der Waals surface area (Å²) in [5.74, 6) is 1.56. The highest BCUT2D eigenvalue weighted by Crippen LogP contribution is 2.28. The number of rotatable bonds is 9. The summed E-state index contributed by atoms with van der Waals surface area (Å²) < 4.78 is 11.1. The summed E-state index contributed by atoms with van der Waals surface area (Å²) >= 11 is 0. The highest BCUT2D eigenvalue weighted by molar-refractivity contribution is 5.75. The summed E-state index contributed by atoms with van der Waals surface area (Å²) in [6.45, 7) is 4.32. The number of benzene rings is 1. The van der Waals surface area contributed by atoms with Crippen LogP contribution >= 0.6 is 0 Å². The van der Waals surface area contributed by atoms with E-state index in [0.717, 1.165) is 30.2 Å². The lowest BCUT2D eigenvalue weighted by Gasteiger charge is -2.13. The van der Waals surface area contributed by atoms with E-state index in [-0.39, 0.29) is 5.91 Å². The third-order valence-electron chi connectivity index (χ3n) is 3.10. The Labute approximate surface area is 127 Å². The Morgan fingerprint density at radius 1 is 1.29 bits per heavy atom. The predicted octanol–water partition coefficient (Wildman–Crippen LogP) is 2.05. The van der Waals surface area contributed by atoms with Gasteiger partial charge in [0.25, 0.3) is 0 Å². The zero-order valence-electron chi connectivity index (χ0n) is 13.4. The van der Waals surface area contributed by atoms with E-state index in [0.29, 0.717) is 19.4 Å². The van der Waals surface area contributed by atoms with E-state index in [1.54, 1.807) is 26.1 Å². The minimum Gasteiger partial charge on any atom is -0.493 e. The quantitative estimate of drug-likeness (QED) is 0.708. The van der Waals surface area contributed by atoms with Gasteiger partial charge in [-0.25, -0.2) is 0 Å². The van der Waals surface area contributed by atoms with Crippen LogP contribution in [0.4, 0.5) is 0 Å². The van der Waals surface area contributed by atoms with Gasteiger partial charge in [0, 0.05) is 27.1 Å². The van der Waals surface area contributed by atoms with Crippen molar-refractivity contribution in [1.82, 2.24) is 10.2 Å². The number of ether oxygens (including phenoxy) is 2. The number of carbonyl (C=O) groups excluding carboxylic acids is 1. The molecule has 21 heavy (non-hydrogen) atoms. The molecule has 0 atom stereocenters. The van der Waals surface area contributed by atoms with Crippen LogP contribution in [-0.2, 0) is 11.3 Å². The molecule has 118 valence electrons. The van der Waals surface area contributed by atoms with Gasteiger partial charge >= 0.3 is 0 Å². The maximum atomic E-state index is 11.5. The Morgan fingerprint density at radius 2 is 2.05 bits per heavy atom. The first-order valence-corrected chi connectivity index (χ1v) is 7.29. The van der Waals surface area contributed by atoms with Crippen molar-refractivity contribution in [2.75, 3.05) is 34.4 Å². The third kappa shape index (κ3) is 6.04. The van der Waals surface area contributed by atoms with Gasteiger partial charge in [-0.15, -0.1) is 0 Å². The Balaban J connectivity index is 2.49. The first-order chi connectivity index (χ1) is 10.1. The van der Waals surface area contributed by atoms with E-state index in [1.807, 2.05) is 18.2 Å². The van der Waals surface area contributed by atoms with Crippen molar-refractivity contribution < 1.29 is 14.3 Å². The van der Waals surface area contributed by atoms with Crippen LogP contribution in [0, 0.1) is 0 Å². The van der Waals surface area contributed by atoms with Gasteiger partial charge in [0.05, 0.1) is 13.7 Å². The molecule has 0 saturated carbocycles. The van der Waals surface area contributed by atoms with Gasteiger partial charge in [0.2, 0.25) is 5.91 Å². The van der Waals surface area contributed by atoms with Crippen molar-refractivity contribution in [1.29, 1.82) is 0 Å². The van der Waals surface area contributed by atoms with Crippen molar-refractivity contribution in [2.45, 2.75) is 26.3 Å². The zero-order chi connectivity index (χ0) is 15.7. The minimum absolute atomic E-state index is 0.117. The second-order valence-corrected chi connectivity index (χ2v) is 5.01. The fraction of sp³-hybridized carbons (Fsp3) is 0.562. The number of hydrogen-bond donors (Lipinski definition) is 1. The van der Waals surface area contributed by atoms with E-state index < -0.39 is 0 Å². The molecule has 0 fully saturated rings. The molecule has 0 saturated heterocycles. The predicted molar refractivity (Wildman–Crippen MR) is 83.8 cm³/mol. The van der Waals surface area contributed by atoms with E-state index in [4.69, 9.17) is 9.47 Å². The van der Waals surface area contributed by atoms with Crippen LogP contribution in [0.25, 0.3) is 0 Å². The lowest BCUT2D eigenvalue weighted by Crippen LogP contribution is -2.21. The molecule has 1 rings (SSSR count). The summed E-state index contributed by atoms with van der Waals surface area (Å²) in [6.07, 6.45) is 1.19. The molecule has 0 aromatic heterocycles. The van der Waals surface area contributed by atoms with E-state index in [9.17, 15) is 4.79 Å². The van der Waals surface area contributed by atoms with Crippen LogP contribution in [0.5, 0.6) is 11.5 Å². The topological polar surface area (TPSA) is 50.8 Å². The van der Waals surface area contributed by atoms with Crippen LogP contribution in [0.1, 0.15) is 25.3 Å². The Hall–Kier alpha value is -1.75. The maximum absolute atomic E-state index is 11.5. The summed E-state index contributed by atoms with van der Waals surface area (Å²) in [7, 11) is 5.15. The number of amides is 1. The summed E-state index contributed by atoms with van der Waals surface area (Å²) in [5, 5.41) is 3.27. The van der Waals surface area contributed by atoms with Crippen LogP contribution in [-0.4, -0.2) is 45.2 Å². The van der Waals surface area contributed by atoms with Gasteiger partial charge in [-0.05, 0) is 30.7 Å². The highest BCUT2D eigenvalue weighted by atomic mass is 16.5. The minimum atomic E-state index is 0.117. The normalized spacial score (nSPS) is 10.3. The molecule has 0 aliphatic carbocycles. The fourth-order valence-corrected chi connectivity index (χ4v) is 1.84. The van der Waals surface area contributed by atoms with Crippen LogP contribution in [0.15, 0.2) is 18.2 Å². The van der Waals surface area contributed by atoms with E-state index in [1.165, 1.54) is 0 Å². The van der Waals surface area contributed by atoms with Crippen molar-refractivity contribution in [3.8, 4) is 11.5 Å². The number of nitrogens with one attached hydrogen (secondary N) is 1. The third-order valence-corrected chi connectivity index (χ3v) is 3.10. The molecule has 5 nitrogen and oxygen atoms in total. The Kier molecular flexibility index (Phi) is 7.61. The largest absolute Gasteiger partial charge is 0.493 e. The van der Waals surface area contributed by atoms with E-state index >= 15 is 0 Å². The number of hydrogen-bond acceptors (Lipinski definition) is 4. The molecule has 0 unspecified atom stereocenters. The second kappa shape index (κ2) is 9.23. The Morgan fingerprint density at radius 3 is 2.67 bits per heavy atom. The molecule has 1 aromatic rings. The second-order valence-electron chi connectivity index (χ2n) is 5.01. The zero-order valence-corrected chi connectivity index (χ0v) is 13.4. The van der Waals surface area contributed by atoms with Gasteiger partial charge in [-0.2, -0.15) is 0 Å². The van der Waals surface area contributed by atoms with Crippen molar-refractivity contribution in [3.05, 3.63) is 23.8 Å². The van der Waals surface area contributed by atoms with Crippen LogP contribution in [0.3, 0.4) is 0 Å². The first-order valence-electron chi connectivity index (χ1n) is 7.29. The van der Waals surface area contributed by atoms with Gasteiger partial charge in [-0.3, -0.25) is 4.79 Å². The van der Waals surface area contributed by atoms with Crippen molar-refractivity contribution in [2.24, 2.45) is 0 Å². The number of carbonyl (C=O) groups is 1. The molecule has 1 N–H and O–H groups in total. The van der Waals surface area contributed by atoms with Gasteiger partial charge in [0.15, 0.2) is 11.5 Å². The lowest BCUT2D eigenvalue weighted by molar-refractivity contribution is -0.128. The first kappa shape index (κ1) is 17.3. The molecule has 0 radical (unpaired) electrons. The molecule has 1 amide bonds. The fourth-order valence-electron chi connectivity index (χ4n) is 1.84. The average molecular weight is 294 g/mol. The molecule has 0 heterocycles. The van der Waals surface area contributed by atoms with Crippen LogP contribution in [0.2, 0.25) is 0 Å². The Bertz CT molecular complexity index is 447. The number of nitrogens with zero attached hydrogens (tertiary/aromatic N) is 1. The van der Waals surface area contributed by atoms with Crippen molar-refractivity contribution in [3.63, 3.8) is 0 Å². The molecular formula is C16H26N2O3.